The zero-order chi connectivity index (χ0) is 14.6. The van der Waals surface area contributed by atoms with Crippen LogP contribution in [0.3, 0.4) is 0 Å². The molecule has 6 heteroatoms. The minimum atomic E-state index is -1.08. The molecule has 2 aromatic rings. The number of nitriles is 1. The lowest BCUT2D eigenvalue weighted by Crippen LogP contribution is -2.39. The van der Waals surface area contributed by atoms with Crippen molar-refractivity contribution < 1.29 is 9.53 Å². The largest absolute Gasteiger partial charge is 0.446 e. The van der Waals surface area contributed by atoms with Gasteiger partial charge in [0.15, 0.2) is 5.54 Å². The van der Waals surface area contributed by atoms with Gasteiger partial charge in [0.2, 0.25) is 0 Å². The summed E-state index contributed by atoms with van der Waals surface area (Å²) < 4.78 is 4.72. The van der Waals surface area contributed by atoms with Gasteiger partial charge in [-0.2, -0.15) is 5.26 Å². The van der Waals surface area contributed by atoms with Crippen LogP contribution in [-0.2, 0) is 4.74 Å². The van der Waals surface area contributed by atoms with Crippen LogP contribution in [0.2, 0.25) is 0 Å². The first-order valence-corrected chi connectivity index (χ1v) is 5.98. The Bertz CT molecular complexity index is 675. The number of ether oxygens (including phenoxy) is 1. The average molecular weight is 270 g/mol. The molecule has 3 N–H and O–H groups in total. The third kappa shape index (κ3) is 2.95. The number of nitrogens with two attached hydrogens (primary N) is 1. The van der Waals surface area contributed by atoms with E-state index in [1.54, 1.807) is 19.3 Å². The molecule has 0 radical (unpaired) electrons. The highest BCUT2D eigenvalue weighted by molar-refractivity contribution is 5.93. The summed E-state index contributed by atoms with van der Waals surface area (Å²) in [5.41, 5.74) is 4.54. The third-order valence-electron chi connectivity index (χ3n) is 2.83. The molecule has 0 bridgehead atoms. The first-order chi connectivity index (χ1) is 9.54. The average Bonchev–Trinajstić information content (AvgIpc) is 2.46. The van der Waals surface area contributed by atoms with Gasteiger partial charge in [0, 0.05) is 17.0 Å². The molecule has 0 fully saturated rings. The molecule has 0 saturated carbocycles. The van der Waals surface area contributed by atoms with Crippen molar-refractivity contribution in [3.63, 3.8) is 0 Å². The van der Waals surface area contributed by atoms with Gasteiger partial charge >= 0.3 is 6.09 Å². The highest BCUT2D eigenvalue weighted by atomic mass is 16.5. The second kappa shape index (κ2) is 5.45. The number of amides is 1. The molecule has 1 heterocycles. The Morgan fingerprint density at radius 3 is 2.95 bits per heavy atom. The summed E-state index contributed by atoms with van der Waals surface area (Å²) in [6, 6.07) is 9.74. The molecule has 1 aromatic carbocycles. The Hall–Kier alpha value is -2.81. The van der Waals surface area contributed by atoms with Gasteiger partial charge in [-0.1, -0.05) is 24.3 Å². The van der Waals surface area contributed by atoms with Gasteiger partial charge in [0.05, 0.1) is 18.0 Å². The van der Waals surface area contributed by atoms with E-state index in [0.717, 1.165) is 10.8 Å². The lowest BCUT2D eigenvalue weighted by molar-refractivity contribution is 0.145. The van der Waals surface area contributed by atoms with Crippen LogP contribution in [0.4, 0.5) is 10.5 Å². The number of nitrogens with zero attached hydrogens (tertiary/aromatic N) is 2. The Balaban J connectivity index is 2.30. The number of hydrogen-bond donors (Lipinski definition) is 2. The summed E-state index contributed by atoms with van der Waals surface area (Å²) in [6.45, 7) is 1.47. The monoisotopic (exact) mass is 270 g/mol. The minimum absolute atomic E-state index is 0.151. The van der Waals surface area contributed by atoms with Crippen molar-refractivity contribution in [2.45, 2.75) is 12.5 Å². The highest BCUT2D eigenvalue weighted by Gasteiger charge is 2.26. The maximum atomic E-state index is 10.7. The number of primary amides is 1. The number of hydrogen-bond acceptors (Lipinski definition) is 5. The zero-order valence-corrected chi connectivity index (χ0v) is 11.0. The Labute approximate surface area is 116 Å². The predicted octanol–water partition coefficient (Wildman–Crippen LogP) is 2.02. The number of fused-ring (bicyclic) bond motifs is 1. The Morgan fingerprint density at radius 1 is 1.50 bits per heavy atom. The summed E-state index contributed by atoms with van der Waals surface area (Å²) in [4.78, 5) is 14.8. The fourth-order valence-electron chi connectivity index (χ4n) is 1.83. The quantitative estimate of drug-likeness (QED) is 0.885. The van der Waals surface area contributed by atoms with Gasteiger partial charge in [-0.15, -0.1) is 0 Å². The lowest BCUT2D eigenvalue weighted by Gasteiger charge is -2.24. The smallest absolute Gasteiger partial charge is 0.404 e. The van der Waals surface area contributed by atoms with Crippen molar-refractivity contribution in [1.29, 1.82) is 5.26 Å². The number of anilines is 1. The van der Waals surface area contributed by atoms with Crippen LogP contribution in [0.25, 0.3) is 10.8 Å². The molecule has 0 saturated heterocycles. The molecule has 1 amide bonds. The van der Waals surface area contributed by atoms with E-state index in [9.17, 15) is 10.1 Å². The third-order valence-corrected chi connectivity index (χ3v) is 2.83. The molecule has 0 aliphatic carbocycles. The van der Waals surface area contributed by atoms with E-state index in [0.29, 0.717) is 5.69 Å². The molecule has 20 heavy (non-hydrogen) atoms. The van der Waals surface area contributed by atoms with Gasteiger partial charge < -0.3 is 15.8 Å². The van der Waals surface area contributed by atoms with Crippen LogP contribution < -0.4 is 11.1 Å². The molecular weight excluding hydrogens is 256 g/mol. The SMILES string of the molecule is CC(C#N)(COC(N)=O)Nc1cncc2ccccc12. The molecule has 2 rings (SSSR count). The van der Waals surface area contributed by atoms with Crippen molar-refractivity contribution in [3.05, 3.63) is 36.7 Å². The molecule has 0 aliphatic rings. The van der Waals surface area contributed by atoms with Crippen LogP contribution in [0.15, 0.2) is 36.7 Å². The van der Waals surface area contributed by atoms with Crippen molar-refractivity contribution in [3.8, 4) is 6.07 Å². The highest BCUT2D eigenvalue weighted by Crippen LogP contribution is 2.24. The summed E-state index contributed by atoms with van der Waals surface area (Å²) in [6.07, 6.45) is 2.45. The second-order valence-electron chi connectivity index (χ2n) is 4.58. The van der Waals surface area contributed by atoms with E-state index < -0.39 is 11.6 Å². The molecule has 1 aromatic heterocycles. The van der Waals surface area contributed by atoms with Crippen molar-refractivity contribution in [1.82, 2.24) is 4.98 Å². The summed E-state index contributed by atoms with van der Waals surface area (Å²) in [7, 11) is 0. The van der Waals surface area contributed by atoms with E-state index in [1.165, 1.54) is 0 Å². The van der Waals surface area contributed by atoms with E-state index in [1.807, 2.05) is 24.3 Å². The molecule has 6 nitrogen and oxygen atoms in total. The van der Waals surface area contributed by atoms with E-state index in [-0.39, 0.29) is 6.61 Å². The van der Waals surface area contributed by atoms with Crippen LogP contribution >= 0.6 is 0 Å². The summed E-state index contributed by atoms with van der Waals surface area (Å²) in [5.74, 6) is 0. The number of aromatic nitrogens is 1. The van der Waals surface area contributed by atoms with Gasteiger partial charge in [0.1, 0.15) is 6.61 Å². The molecule has 102 valence electrons. The van der Waals surface area contributed by atoms with Crippen molar-refractivity contribution in [2.75, 3.05) is 11.9 Å². The van der Waals surface area contributed by atoms with Gasteiger partial charge in [-0.25, -0.2) is 4.79 Å². The van der Waals surface area contributed by atoms with Gasteiger partial charge in [0.25, 0.3) is 0 Å². The standard InChI is InChI=1S/C14H14N4O2/c1-14(8-15,9-20-13(16)19)18-12-7-17-6-10-4-2-3-5-11(10)12/h2-7,18H,9H2,1H3,(H2,16,19). The number of carbonyl (C=O) groups excluding carboxylic acids is 1. The van der Waals surface area contributed by atoms with Gasteiger partial charge in [-0.05, 0) is 6.92 Å². The van der Waals surface area contributed by atoms with Crippen LogP contribution in [-0.4, -0.2) is 23.2 Å². The Morgan fingerprint density at radius 2 is 2.25 bits per heavy atom. The van der Waals surface area contributed by atoms with Crippen molar-refractivity contribution >= 4 is 22.6 Å². The molecular formula is C14H14N4O2. The molecule has 0 aliphatic heterocycles. The van der Waals surface area contributed by atoms with Crippen LogP contribution in [0.5, 0.6) is 0 Å². The van der Waals surface area contributed by atoms with Gasteiger partial charge in [-0.3, -0.25) is 4.98 Å². The maximum absolute atomic E-state index is 10.7. The zero-order valence-electron chi connectivity index (χ0n) is 11.0. The van der Waals surface area contributed by atoms with E-state index in [4.69, 9.17) is 10.5 Å². The lowest BCUT2D eigenvalue weighted by atomic mass is 10.0. The van der Waals surface area contributed by atoms with Crippen LogP contribution in [0, 0.1) is 11.3 Å². The predicted molar refractivity (Wildman–Crippen MR) is 74.9 cm³/mol. The number of carbonyl (C=O) groups is 1. The Kier molecular flexibility index (Phi) is 3.71. The normalized spacial score (nSPS) is 13.2. The fraction of sp³-hybridized carbons (Fsp3) is 0.214. The number of pyridine rings is 1. The van der Waals surface area contributed by atoms with Crippen LogP contribution in [0.1, 0.15) is 6.92 Å². The topological polar surface area (TPSA) is 101 Å². The first kappa shape index (κ1) is 13.6. The van der Waals surface area contributed by atoms with E-state index >= 15 is 0 Å². The second-order valence-corrected chi connectivity index (χ2v) is 4.58. The molecule has 1 unspecified atom stereocenters. The number of nitrogens with one attached hydrogen (secondary N) is 1. The van der Waals surface area contributed by atoms with Crippen molar-refractivity contribution in [2.24, 2.45) is 5.73 Å². The number of benzene rings is 1. The summed E-state index contributed by atoms with van der Waals surface area (Å²) >= 11 is 0. The minimum Gasteiger partial charge on any atom is -0.446 e. The summed E-state index contributed by atoms with van der Waals surface area (Å²) in [5, 5.41) is 14.2. The maximum Gasteiger partial charge on any atom is 0.404 e. The van der Waals surface area contributed by atoms with E-state index in [2.05, 4.69) is 16.4 Å². The molecule has 0 spiro atoms. The fourth-order valence-corrected chi connectivity index (χ4v) is 1.83. The molecule has 1 atom stereocenters. The first-order valence-electron chi connectivity index (χ1n) is 5.98. The number of rotatable bonds is 4.